The number of hydrogen-bond donors (Lipinski definition) is 3. The summed E-state index contributed by atoms with van der Waals surface area (Å²) >= 11 is 0. The molecule has 0 radical (unpaired) electrons. The number of carboxylic acids is 1. The second-order valence-corrected chi connectivity index (χ2v) is 8.06. The molecule has 0 saturated heterocycles. The van der Waals surface area contributed by atoms with Crippen LogP contribution in [0.25, 0.3) is 22.4 Å². The SMILES string of the molecule is O=C(O)[C@H]1CC[C@H](CNc2cc(-c3ccccc3F)cc(-c3ccccc3O)n2)CC1. The third-order valence-electron chi connectivity index (χ3n) is 5.96. The molecule has 0 bridgehead atoms. The van der Waals surface area contributed by atoms with Gasteiger partial charge in [-0.2, -0.15) is 0 Å². The van der Waals surface area contributed by atoms with E-state index in [0.29, 0.717) is 53.5 Å². The number of nitrogens with one attached hydrogen (secondary N) is 1. The van der Waals surface area contributed by atoms with Crippen LogP contribution in [0, 0.1) is 17.7 Å². The lowest BCUT2D eigenvalue weighted by molar-refractivity contribution is -0.143. The first-order chi connectivity index (χ1) is 15.0. The molecular weight excluding hydrogens is 395 g/mol. The van der Waals surface area contributed by atoms with Gasteiger partial charge < -0.3 is 15.5 Å². The van der Waals surface area contributed by atoms with Crippen molar-refractivity contribution in [1.29, 1.82) is 0 Å². The zero-order chi connectivity index (χ0) is 21.8. The monoisotopic (exact) mass is 420 g/mol. The summed E-state index contributed by atoms with van der Waals surface area (Å²) in [6.07, 6.45) is 3.08. The second kappa shape index (κ2) is 9.16. The summed E-state index contributed by atoms with van der Waals surface area (Å²) in [5.41, 5.74) is 2.26. The van der Waals surface area contributed by atoms with Gasteiger partial charge in [0.2, 0.25) is 0 Å². The highest BCUT2D eigenvalue weighted by Crippen LogP contribution is 2.34. The van der Waals surface area contributed by atoms with E-state index in [1.54, 1.807) is 42.5 Å². The van der Waals surface area contributed by atoms with Crippen LogP contribution in [0.15, 0.2) is 60.7 Å². The summed E-state index contributed by atoms with van der Waals surface area (Å²) in [6, 6.07) is 17.1. The summed E-state index contributed by atoms with van der Waals surface area (Å²) < 4.78 is 14.5. The molecule has 3 N–H and O–H groups in total. The fraction of sp³-hybridized carbons (Fsp3) is 0.280. The first kappa shape index (κ1) is 20.8. The first-order valence-electron chi connectivity index (χ1n) is 10.5. The molecule has 31 heavy (non-hydrogen) atoms. The van der Waals surface area contributed by atoms with Crippen molar-refractivity contribution in [2.75, 3.05) is 11.9 Å². The Balaban J connectivity index is 1.60. The molecule has 0 amide bonds. The number of aromatic hydroxyl groups is 1. The van der Waals surface area contributed by atoms with Gasteiger partial charge in [-0.1, -0.05) is 30.3 Å². The average molecular weight is 420 g/mol. The Kier molecular flexibility index (Phi) is 6.16. The minimum Gasteiger partial charge on any atom is -0.507 e. The van der Waals surface area contributed by atoms with Gasteiger partial charge in [0.15, 0.2) is 0 Å². The van der Waals surface area contributed by atoms with Crippen molar-refractivity contribution in [2.24, 2.45) is 11.8 Å². The van der Waals surface area contributed by atoms with Gasteiger partial charge in [0.05, 0.1) is 11.6 Å². The Morgan fingerprint density at radius 3 is 2.35 bits per heavy atom. The second-order valence-electron chi connectivity index (χ2n) is 8.06. The molecule has 6 heteroatoms. The molecule has 3 aromatic rings. The Bertz CT molecular complexity index is 1010. The van der Waals surface area contributed by atoms with Crippen molar-refractivity contribution in [3.05, 3.63) is 66.5 Å². The minimum absolute atomic E-state index is 0.110. The fourth-order valence-corrected chi connectivity index (χ4v) is 4.16. The number of rotatable bonds is 6. The minimum atomic E-state index is -0.710. The Morgan fingerprint density at radius 2 is 1.68 bits per heavy atom. The third kappa shape index (κ3) is 4.85. The number of para-hydroxylation sites is 1. The maximum absolute atomic E-state index is 14.5. The Hall–Kier alpha value is -3.41. The molecule has 0 unspecified atom stereocenters. The number of phenolic OH excluding ortho intramolecular Hbond substituents is 1. The normalized spacial score (nSPS) is 18.5. The predicted molar refractivity (Wildman–Crippen MR) is 118 cm³/mol. The zero-order valence-corrected chi connectivity index (χ0v) is 17.1. The van der Waals surface area contributed by atoms with Crippen LogP contribution in [-0.2, 0) is 4.79 Å². The molecule has 1 aliphatic carbocycles. The molecule has 1 aliphatic rings. The van der Waals surface area contributed by atoms with Gasteiger partial charge in [-0.05, 0) is 67.5 Å². The summed E-state index contributed by atoms with van der Waals surface area (Å²) in [5.74, 6) is -0.208. The van der Waals surface area contributed by atoms with Crippen molar-refractivity contribution in [3.8, 4) is 28.1 Å². The lowest BCUT2D eigenvalue weighted by Gasteiger charge is -2.26. The fourth-order valence-electron chi connectivity index (χ4n) is 4.16. The van der Waals surface area contributed by atoms with E-state index in [0.717, 1.165) is 12.8 Å². The number of carboxylic acid groups (broad SMARTS) is 1. The van der Waals surface area contributed by atoms with Crippen LogP contribution >= 0.6 is 0 Å². The molecule has 1 fully saturated rings. The quantitative estimate of drug-likeness (QED) is 0.486. The molecule has 1 heterocycles. The highest BCUT2D eigenvalue weighted by atomic mass is 19.1. The van der Waals surface area contributed by atoms with Gasteiger partial charge in [-0.25, -0.2) is 9.37 Å². The molecule has 5 nitrogen and oxygen atoms in total. The molecule has 1 aromatic heterocycles. The number of pyridine rings is 1. The van der Waals surface area contributed by atoms with Crippen molar-refractivity contribution in [2.45, 2.75) is 25.7 Å². The zero-order valence-electron chi connectivity index (χ0n) is 17.1. The first-order valence-corrected chi connectivity index (χ1v) is 10.5. The largest absolute Gasteiger partial charge is 0.507 e. The van der Waals surface area contributed by atoms with Crippen LogP contribution in [0.4, 0.5) is 10.2 Å². The van der Waals surface area contributed by atoms with E-state index in [9.17, 15) is 19.4 Å². The van der Waals surface area contributed by atoms with Gasteiger partial charge in [0.1, 0.15) is 17.4 Å². The lowest BCUT2D eigenvalue weighted by Crippen LogP contribution is -2.25. The van der Waals surface area contributed by atoms with Crippen molar-refractivity contribution < 1.29 is 19.4 Å². The predicted octanol–water partition coefficient (Wildman–Crippen LogP) is 5.56. The molecule has 0 atom stereocenters. The van der Waals surface area contributed by atoms with Crippen molar-refractivity contribution in [3.63, 3.8) is 0 Å². The number of benzene rings is 2. The Labute approximate surface area is 180 Å². The molecule has 0 aliphatic heterocycles. The van der Waals surface area contributed by atoms with Crippen molar-refractivity contribution in [1.82, 2.24) is 4.98 Å². The number of hydrogen-bond acceptors (Lipinski definition) is 4. The third-order valence-corrected chi connectivity index (χ3v) is 5.96. The molecule has 160 valence electrons. The van der Waals surface area contributed by atoms with E-state index in [1.807, 2.05) is 12.1 Å². The summed E-state index contributed by atoms with van der Waals surface area (Å²) in [7, 11) is 0. The van der Waals surface area contributed by atoms with Gasteiger partial charge >= 0.3 is 5.97 Å². The van der Waals surface area contributed by atoms with E-state index < -0.39 is 5.97 Å². The van der Waals surface area contributed by atoms with E-state index in [1.165, 1.54) is 6.07 Å². The van der Waals surface area contributed by atoms with Crippen molar-refractivity contribution >= 4 is 11.8 Å². The van der Waals surface area contributed by atoms with Crippen LogP contribution < -0.4 is 5.32 Å². The number of aromatic nitrogens is 1. The number of aliphatic carboxylic acids is 1. The van der Waals surface area contributed by atoms with Gasteiger partial charge in [0.25, 0.3) is 0 Å². The van der Waals surface area contributed by atoms with Crippen LogP contribution in [0.3, 0.4) is 0 Å². The maximum atomic E-state index is 14.5. The molecular formula is C25H25FN2O3. The molecule has 0 spiro atoms. The van der Waals surface area contributed by atoms with E-state index >= 15 is 0 Å². The number of carbonyl (C=O) groups is 1. The van der Waals surface area contributed by atoms with Crippen LogP contribution in [0.2, 0.25) is 0 Å². The smallest absolute Gasteiger partial charge is 0.306 e. The highest BCUT2D eigenvalue weighted by Gasteiger charge is 2.25. The van der Waals surface area contributed by atoms with E-state index in [-0.39, 0.29) is 17.5 Å². The summed E-state index contributed by atoms with van der Waals surface area (Å²) in [6.45, 7) is 0.667. The lowest BCUT2D eigenvalue weighted by atomic mass is 9.82. The van der Waals surface area contributed by atoms with Gasteiger partial charge in [0, 0.05) is 17.7 Å². The van der Waals surface area contributed by atoms with Crippen LogP contribution in [-0.4, -0.2) is 27.7 Å². The number of nitrogens with zero attached hydrogens (tertiary/aromatic N) is 1. The van der Waals surface area contributed by atoms with Gasteiger partial charge in [-0.3, -0.25) is 4.79 Å². The van der Waals surface area contributed by atoms with E-state index in [2.05, 4.69) is 10.3 Å². The van der Waals surface area contributed by atoms with Crippen LogP contribution in [0.1, 0.15) is 25.7 Å². The number of halogens is 1. The Morgan fingerprint density at radius 1 is 1.00 bits per heavy atom. The standard InChI is InChI=1S/C25H25FN2O3/c26-21-7-3-1-5-19(21)18-13-22(20-6-2-4-8-23(20)29)28-24(14-18)27-15-16-9-11-17(12-10-16)25(30)31/h1-8,13-14,16-17,29H,9-12,15H2,(H,27,28)(H,30,31)/t16-,17-. The molecule has 2 aromatic carbocycles. The maximum Gasteiger partial charge on any atom is 0.306 e. The summed E-state index contributed by atoms with van der Waals surface area (Å²) in [5, 5.41) is 22.8. The average Bonchev–Trinajstić information content (AvgIpc) is 2.78. The topological polar surface area (TPSA) is 82.5 Å². The van der Waals surface area contributed by atoms with Gasteiger partial charge in [-0.15, -0.1) is 0 Å². The van der Waals surface area contributed by atoms with Crippen LogP contribution in [0.5, 0.6) is 5.75 Å². The number of phenols is 1. The molecule has 4 rings (SSSR count). The van der Waals surface area contributed by atoms with E-state index in [4.69, 9.17) is 0 Å². The molecule has 1 saturated carbocycles. The summed E-state index contributed by atoms with van der Waals surface area (Å²) in [4.78, 5) is 15.8. The number of anilines is 1. The highest BCUT2D eigenvalue weighted by molar-refractivity contribution is 5.76.